The summed E-state index contributed by atoms with van der Waals surface area (Å²) in [4.78, 5) is 19.5. The maximum Gasteiger partial charge on any atom is 0.251 e. The molecular weight excluding hydrogens is 250 g/mol. The lowest BCUT2D eigenvalue weighted by Gasteiger charge is -2.06. The molecule has 0 aliphatic rings. The molecular formula is C16H15N3O. The number of aromatic nitrogens is 2. The van der Waals surface area contributed by atoms with E-state index in [1.807, 2.05) is 48.7 Å². The number of pyridine rings is 1. The molecule has 0 aliphatic heterocycles. The number of fused-ring (bicyclic) bond motifs is 1. The lowest BCUT2D eigenvalue weighted by atomic mass is 10.1. The minimum absolute atomic E-state index is 0.0499. The van der Waals surface area contributed by atoms with Gasteiger partial charge < -0.3 is 10.3 Å². The molecule has 0 saturated heterocycles. The van der Waals surface area contributed by atoms with Crippen molar-refractivity contribution >= 4 is 16.8 Å². The quantitative estimate of drug-likeness (QED) is 0.761. The van der Waals surface area contributed by atoms with Crippen LogP contribution >= 0.6 is 0 Å². The molecule has 2 heterocycles. The third-order valence-electron chi connectivity index (χ3n) is 3.23. The van der Waals surface area contributed by atoms with Crippen LogP contribution in [0.4, 0.5) is 0 Å². The summed E-state index contributed by atoms with van der Waals surface area (Å²) in [6.45, 7) is 0.580. The Balaban J connectivity index is 1.66. The van der Waals surface area contributed by atoms with Crippen molar-refractivity contribution in [2.24, 2.45) is 0 Å². The Kier molecular flexibility index (Phi) is 3.46. The van der Waals surface area contributed by atoms with Crippen molar-refractivity contribution in [1.82, 2.24) is 15.3 Å². The first-order valence-corrected chi connectivity index (χ1v) is 6.59. The second-order valence-corrected chi connectivity index (χ2v) is 4.57. The maximum atomic E-state index is 12.2. The zero-order chi connectivity index (χ0) is 13.8. The Bertz CT molecular complexity index is 719. The number of amides is 1. The standard InChI is InChI=1S/C16H15N3O/c20-16(19-10-7-12-4-1-2-9-17-12)14-5-3-6-15-13(14)8-11-18-15/h1-6,8-9,11,18H,7,10H2,(H,19,20). The summed E-state index contributed by atoms with van der Waals surface area (Å²) in [6, 6.07) is 13.4. The summed E-state index contributed by atoms with van der Waals surface area (Å²) >= 11 is 0. The minimum atomic E-state index is -0.0499. The van der Waals surface area contributed by atoms with E-state index in [2.05, 4.69) is 15.3 Å². The van der Waals surface area contributed by atoms with Crippen LogP contribution in [-0.2, 0) is 6.42 Å². The topological polar surface area (TPSA) is 57.8 Å². The van der Waals surface area contributed by atoms with Gasteiger partial charge in [-0.2, -0.15) is 0 Å². The van der Waals surface area contributed by atoms with Crippen LogP contribution in [0, 0.1) is 0 Å². The zero-order valence-corrected chi connectivity index (χ0v) is 11.0. The molecule has 0 unspecified atom stereocenters. The number of carbonyl (C=O) groups is 1. The molecule has 0 atom stereocenters. The summed E-state index contributed by atoms with van der Waals surface area (Å²) < 4.78 is 0. The number of aromatic amines is 1. The molecule has 20 heavy (non-hydrogen) atoms. The van der Waals surface area contributed by atoms with E-state index in [9.17, 15) is 4.79 Å². The molecule has 3 aromatic rings. The van der Waals surface area contributed by atoms with Gasteiger partial charge in [0.2, 0.25) is 0 Å². The first-order valence-electron chi connectivity index (χ1n) is 6.59. The van der Waals surface area contributed by atoms with Crippen molar-refractivity contribution in [2.75, 3.05) is 6.54 Å². The second-order valence-electron chi connectivity index (χ2n) is 4.57. The number of H-pyrrole nitrogens is 1. The molecule has 0 saturated carbocycles. The molecule has 100 valence electrons. The molecule has 2 aromatic heterocycles. The smallest absolute Gasteiger partial charge is 0.251 e. The van der Waals surface area contributed by atoms with E-state index in [1.165, 1.54) is 0 Å². The van der Waals surface area contributed by atoms with Gasteiger partial charge in [0.25, 0.3) is 5.91 Å². The Morgan fingerprint density at radius 1 is 1.15 bits per heavy atom. The van der Waals surface area contributed by atoms with Crippen molar-refractivity contribution in [2.45, 2.75) is 6.42 Å². The first kappa shape index (κ1) is 12.4. The van der Waals surface area contributed by atoms with Gasteiger partial charge in [0.05, 0.1) is 0 Å². The molecule has 0 fully saturated rings. The normalized spacial score (nSPS) is 10.6. The van der Waals surface area contributed by atoms with Gasteiger partial charge in [-0.1, -0.05) is 12.1 Å². The van der Waals surface area contributed by atoms with Crippen LogP contribution in [0.25, 0.3) is 10.9 Å². The molecule has 0 spiro atoms. The molecule has 2 N–H and O–H groups in total. The van der Waals surface area contributed by atoms with Crippen molar-refractivity contribution < 1.29 is 4.79 Å². The van der Waals surface area contributed by atoms with Gasteiger partial charge in [-0.25, -0.2) is 0 Å². The number of nitrogens with zero attached hydrogens (tertiary/aromatic N) is 1. The number of carbonyl (C=O) groups excluding carboxylic acids is 1. The Morgan fingerprint density at radius 3 is 2.95 bits per heavy atom. The van der Waals surface area contributed by atoms with Gasteiger partial charge in [-0.15, -0.1) is 0 Å². The molecule has 0 bridgehead atoms. The van der Waals surface area contributed by atoms with Gasteiger partial charge in [0.15, 0.2) is 0 Å². The van der Waals surface area contributed by atoms with Gasteiger partial charge in [0.1, 0.15) is 0 Å². The molecule has 4 nitrogen and oxygen atoms in total. The fourth-order valence-corrected chi connectivity index (χ4v) is 2.23. The average molecular weight is 265 g/mol. The van der Waals surface area contributed by atoms with Crippen LogP contribution in [0.2, 0.25) is 0 Å². The van der Waals surface area contributed by atoms with Gasteiger partial charge >= 0.3 is 0 Å². The van der Waals surface area contributed by atoms with E-state index in [0.29, 0.717) is 12.1 Å². The summed E-state index contributed by atoms with van der Waals surface area (Å²) in [5.41, 5.74) is 2.65. The molecule has 1 aromatic carbocycles. The van der Waals surface area contributed by atoms with E-state index in [1.54, 1.807) is 6.20 Å². The predicted octanol–water partition coefficient (Wildman–Crippen LogP) is 2.54. The minimum Gasteiger partial charge on any atom is -0.361 e. The average Bonchev–Trinajstić information content (AvgIpc) is 2.96. The molecule has 1 amide bonds. The zero-order valence-electron chi connectivity index (χ0n) is 11.0. The number of nitrogens with one attached hydrogen (secondary N) is 2. The van der Waals surface area contributed by atoms with E-state index in [-0.39, 0.29) is 5.91 Å². The number of hydrogen-bond donors (Lipinski definition) is 2. The van der Waals surface area contributed by atoms with Crippen molar-refractivity contribution in [3.63, 3.8) is 0 Å². The molecule has 0 radical (unpaired) electrons. The second kappa shape index (κ2) is 5.57. The van der Waals surface area contributed by atoms with Crippen LogP contribution in [0.5, 0.6) is 0 Å². The summed E-state index contributed by atoms with van der Waals surface area (Å²) in [5, 5.41) is 3.88. The van der Waals surface area contributed by atoms with Crippen LogP contribution in [-0.4, -0.2) is 22.4 Å². The fourth-order valence-electron chi connectivity index (χ4n) is 2.23. The maximum absolute atomic E-state index is 12.2. The monoisotopic (exact) mass is 265 g/mol. The highest BCUT2D eigenvalue weighted by molar-refractivity contribution is 6.06. The lowest BCUT2D eigenvalue weighted by Crippen LogP contribution is -2.26. The largest absolute Gasteiger partial charge is 0.361 e. The van der Waals surface area contributed by atoms with Crippen LogP contribution < -0.4 is 5.32 Å². The van der Waals surface area contributed by atoms with E-state index in [0.717, 1.165) is 23.0 Å². The summed E-state index contributed by atoms with van der Waals surface area (Å²) in [6.07, 6.45) is 4.34. The van der Waals surface area contributed by atoms with Crippen LogP contribution in [0.15, 0.2) is 54.9 Å². The number of rotatable bonds is 4. The summed E-state index contributed by atoms with van der Waals surface area (Å²) in [7, 11) is 0. The lowest BCUT2D eigenvalue weighted by molar-refractivity contribution is 0.0955. The van der Waals surface area contributed by atoms with E-state index >= 15 is 0 Å². The van der Waals surface area contributed by atoms with Crippen molar-refractivity contribution in [3.8, 4) is 0 Å². The van der Waals surface area contributed by atoms with Crippen molar-refractivity contribution in [1.29, 1.82) is 0 Å². The highest BCUT2D eigenvalue weighted by Crippen LogP contribution is 2.17. The van der Waals surface area contributed by atoms with Gasteiger partial charge in [-0.3, -0.25) is 9.78 Å². The van der Waals surface area contributed by atoms with Crippen LogP contribution in [0.3, 0.4) is 0 Å². The van der Waals surface area contributed by atoms with Crippen molar-refractivity contribution in [3.05, 3.63) is 66.1 Å². The van der Waals surface area contributed by atoms with Crippen LogP contribution in [0.1, 0.15) is 16.1 Å². The first-order chi connectivity index (χ1) is 9.84. The fraction of sp³-hybridized carbons (Fsp3) is 0.125. The number of hydrogen-bond acceptors (Lipinski definition) is 2. The summed E-state index contributed by atoms with van der Waals surface area (Å²) in [5.74, 6) is -0.0499. The third kappa shape index (κ3) is 2.54. The third-order valence-corrected chi connectivity index (χ3v) is 3.23. The number of benzene rings is 1. The van der Waals surface area contributed by atoms with Gasteiger partial charge in [-0.05, 0) is 30.3 Å². The Morgan fingerprint density at radius 2 is 2.10 bits per heavy atom. The molecule has 4 heteroatoms. The highest BCUT2D eigenvalue weighted by atomic mass is 16.1. The SMILES string of the molecule is O=C(NCCc1ccccn1)c1cccc2[nH]ccc12. The van der Waals surface area contributed by atoms with E-state index in [4.69, 9.17) is 0 Å². The highest BCUT2D eigenvalue weighted by Gasteiger charge is 2.09. The Hall–Kier alpha value is -2.62. The molecule has 3 rings (SSSR count). The van der Waals surface area contributed by atoms with E-state index < -0.39 is 0 Å². The Labute approximate surface area is 116 Å². The molecule has 0 aliphatic carbocycles. The van der Waals surface area contributed by atoms with Gasteiger partial charge in [0, 0.05) is 47.5 Å². The predicted molar refractivity (Wildman–Crippen MR) is 78.6 cm³/mol.